The van der Waals surface area contributed by atoms with Crippen LogP contribution in [-0.4, -0.2) is 53.4 Å². The van der Waals surface area contributed by atoms with Crippen LogP contribution in [0.25, 0.3) is 0 Å². The number of hydrogen-bond donors (Lipinski definition) is 2. The Morgan fingerprint density at radius 1 is 1.33 bits per heavy atom. The molecule has 142 valence electrons. The maximum Gasteiger partial charge on any atom is 0.314 e. The standard InChI is InChI=1S/C22H26N2O3/c1-2-27-18(26)16-17(25)20-8-5-12-24-13-11-21(19(20)24)14-6-3-4-7-15(14)23-22(16,21)10-9-20/h3-8,16-17,19,23,25H,2,9-13H2,1H3/t16-,17+,19-,20-,21+,22-/m0/s1. The van der Waals surface area contributed by atoms with Gasteiger partial charge in [0.1, 0.15) is 5.92 Å². The van der Waals surface area contributed by atoms with Crippen LogP contribution >= 0.6 is 0 Å². The molecule has 1 aromatic rings. The molecule has 2 N–H and O–H groups in total. The molecule has 3 spiro atoms. The van der Waals surface area contributed by atoms with Crippen LogP contribution in [0, 0.1) is 11.3 Å². The number of fused-ring (bicyclic) bond motifs is 3. The van der Waals surface area contributed by atoms with Gasteiger partial charge in [0.25, 0.3) is 0 Å². The summed E-state index contributed by atoms with van der Waals surface area (Å²) in [6.45, 7) is 4.13. The van der Waals surface area contributed by atoms with E-state index in [2.05, 4.69) is 46.6 Å². The minimum atomic E-state index is -0.720. The Balaban J connectivity index is 1.65. The van der Waals surface area contributed by atoms with Crippen molar-refractivity contribution in [3.8, 4) is 0 Å². The van der Waals surface area contributed by atoms with E-state index in [0.717, 1.165) is 38.0 Å². The van der Waals surface area contributed by atoms with Gasteiger partial charge in [-0.1, -0.05) is 30.4 Å². The average molecular weight is 366 g/mol. The molecule has 0 aromatic heterocycles. The van der Waals surface area contributed by atoms with Crippen LogP contribution in [0.2, 0.25) is 0 Å². The van der Waals surface area contributed by atoms with E-state index in [4.69, 9.17) is 4.74 Å². The van der Waals surface area contributed by atoms with Crippen molar-refractivity contribution in [3.63, 3.8) is 0 Å². The predicted octanol–water partition coefficient (Wildman–Crippen LogP) is 2.07. The molecule has 1 saturated heterocycles. The molecule has 0 unspecified atom stereocenters. The number of aliphatic hydroxyl groups is 1. The molecule has 4 fully saturated rings. The second-order valence-electron chi connectivity index (χ2n) is 8.95. The predicted molar refractivity (Wildman–Crippen MR) is 101 cm³/mol. The molecule has 6 atom stereocenters. The SMILES string of the molecule is CCOC(=O)[C@@H]1[C@@H](O)[C@]23C=CCN4CC[C@@]5(c6ccccc6N[C@@]15CC2)[C@@H]43. The number of nitrogens with one attached hydrogen (secondary N) is 1. The molecule has 2 bridgehead atoms. The first-order chi connectivity index (χ1) is 13.1. The third kappa shape index (κ3) is 1.52. The van der Waals surface area contributed by atoms with Crippen LogP contribution in [0.4, 0.5) is 5.69 Å². The van der Waals surface area contributed by atoms with Crippen molar-refractivity contribution in [1.82, 2.24) is 4.90 Å². The van der Waals surface area contributed by atoms with E-state index in [1.54, 1.807) is 0 Å². The highest BCUT2D eigenvalue weighted by Crippen LogP contribution is 2.73. The molecule has 7 rings (SSSR count). The first kappa shape index (κ1) is 16.1. The van der Waals surface area contributed by atoms with Gasteiger partial charge in [-0.15, -0.1) is 0 Å². The van der Waals surface area contributed by atoms with Crippen molar-refractivity contribution in [2.75, 3.05) is 25.0 Å². The van der Waals surface area contributed by atoms with E-state index in [0.29, 0.717) is 6.61 Å². The number of aliphatic hydroxyl groups excluding tert-OH is 1. The van der Waals surface area contributed by atoms with Crippen molar-refractivity contribution >= 4 is 11.7 Å². The van der Waals surface area contributed by atoms with E-state index < -0.39 is 17.6 Å². The number of ether oxygens (including phenoxy) is 1. The number of rotatable bonds is 2. The number of benzene rings is 1. The van der Waals surface area contributed by atoms with Crippen LogP contribution in [0.5, 0.6) is 0 Å². The summed E-state index contributed by atoms with van der Waals surface area (Å²) in [6.07, 6.45) is 6.53. The molecule has 3 aliphatic heterocycles. The Labute approximate surface area is 159 Å². The third-order valence-electron chi connectivity index (χ3n) is 8.35. The maximum atomic E-state index is 13.2. The number of carbonyl (C=O) groups is 1. The zero-order valence-electron chi connectivity index (χ0n) is 15.6. The highest BCUT2D eigenvalue weighted by Gasteiger charge is 2.81. The van der Waals surface area contributed by atoms with E-state index >= 15 is 0 Å². The lowest BCUT2D eigenvalue weighted by Crippen LogP contribution is -2.81. The van der Waals surface area contributed by atoms with Crippen molar-refractivity contribution in [2.24, 2.45) is 11.3 Å². The summed E-state index contributed by atoms with van der Waals surface area (Å²) in [5.74, 6) is -0.794. The van der Waals surface area contributed by atoms with Gasteiger partial charge >= 0.3 is 5.97 Å². The van der Waals surface area contributed by atoms with Crippen molar-refractivity contribution in [2.45, 2.75) is 49.3 Å². The van der Waals surface area contributed by atoms with E-state index in [1.807, 2.05) is 6.92 Å². The molecule has 1 aromatic carbocycles. The van der Waals surface area contributed by atoms with Crippen LogP contribution < -0.4 is 5.32 Å². The van der Waals surface area contributed by atoms with E-state index in [-0.39, 0.29) is 22.8 Å². The van der Waals surface area contributed by atoms with Crippen LogP contribution in [0.1, 0.15) is 31.7 Å². The Morgan fingerprint density at radius 2 is 2.19 bits per heavy atom. The number of nitrogens with zero attached hydrogens (tertiary/aromatic N) is 1. The summed E-state index contributed by atoms with van der Waals surface area (Å²) < 4.78 is 5.51. The zero-order chi connectivity index (χ0) is 18.4. The molecule has 27 heavy (non-hydrogen) atoms. The molecule has 0 amide bonds. The van der Waals surface area contributed by atoms with Crippen molar-refractivity contribution in [1.29, 1.82) is 0 Å². The highest BCUT2D eigenvalue weighted by atomic mass is 16.5. The summed E-state index contributed by atoms with van der Waals surface area (Å²) in [6, 6.07) is 8.78. The van der Waals surface area contributed by atoms with Gasteiger partial charge in [0.2, 0.25) is 0 Å². The Bertz CT molecular complexity index is 869. The fourth-order valence-electron chi connectivity index (χ4n) is 7.69. The molecule has 5 heteroatoms. The molecule has 5 nitrogen and oxygen atoms in total. The molecule has 6 aliphatic rings. The van der Waals surface area contributed by atoms with Gasteiger partial charge in [0.15, 0.2) is 0 Å². The van der Waals surface area contributed by atoms with E-state index in [1.165, 1.54) is 5.56 Å². The molecule has 3 saturated carbocycles. The molecular weight excluding hydrogens is 340 g/mol. The maximum absolute atomic E-state index is 13.2. The first-order valence-corrected chi connectivity index (χ1v) is 10.2. The van der Waals surface area contributed by atoms with Crippen LogP contribution in [-0.2, 0) is 14.9 Å². The second kappa shape index (κ2) is 4.95. The van der Waals surface area contributed by atoms with Gasteiger partial charge in [-0.2, -0.15) is 0 Å². The smallest absolute Gasteiger partial charge is 0.314 e. The van der Waals surface area contributed by atoms with Gasteiger partial charge < -0.3 is 15.2 Å². The molecule has 3 heterocycles. The molecular formula is C22H26N2O3. The Kier molecular flexibility index (Phi) is 2.96. The van der Waals surface area contributed by atoms with Gasteiger partial charge in [0.05, 0.1) is 18.2 Å². The lowest BCUT2D eigenvalue weighted by atomic mass is 9.38. The molecule has 3 aliphatic carbocycles. The van der Waals surface area contributed by atoms with Gasteiger partial charge in [-0.05, 0) is 44.4 Å². The number of hydrogen-bond acceptors (Lipinski definition) is 5. The monoisotopic (exact) mass is 366 g/mol. The Hall–Kier alpha value is -1.85. The quantitative estimate of drug-likeness (QED) is 0.620. The fourth-order valence-corrected chi connectivity index (χ4v) is 7.69. The first-order valence-electron chi connectivity index (χ1n) is 10.2. The van der Waals surface area contributed by atoms with Crippen LogP contribution in [0.3, 0.4) is 0 Å². The zero-order valence-corrected chi connectivity index (χ0v) is 15.6. The summed E-state index contributed by atoms with van der Waals surface area (Å²) in [5, 5.41) is 15.4. The lowest BCUT2D eigenvalue weighted by molar-refractivity contribution is -0.195. The number of carbonyl (C=O) groups excluding carboxylic acids is 1. The minimum Gasteiger partial charge on any atom is -0.466 e. The summed E-state index contributed by atoms with van der Waals surface area (Å²) >= 11 is 0. The largest absolute Gasteiger partial charge is 0.466 e. The van der Waals surface area contributed by atoms with Crippen LogP contribution in [0.15, 0.2) is 36.4 Å². The van der Waals surface area contributed by atoms with Gasteiger partial charge in [0, 0.05) is 29.1 Å². The lowest BCUT2D eigenvalue weighted by Gasteiger charge is -2.69. The summed E-state index contributed by atoms with van der Waals surface area (Å²) in [5.41, 5.74) is 1.48. The number of para-hydroxylation sites is 1. The number of esters is 1. The van der Waals surface area contributed by atoms with Gasteiger partial charge in [-0.3, -0.25) is 9.69 Å². The topological polar surface area (TPSA) is 61.8 Å². The number of anilines is 1. The van der Waals surface area contributed by atoms with Crippen molar-refractivity contribution in [3.05, 3.63) is 42.0 Å². The normalized spacial score (nSPS) is 45.8. The highest BCUT2D eigenvalue weighted by molar-refractivity contribution is 5.82. The van der Waals surface area contributed by atoms with Crippen molar-refractivity contribution < 1.29 is 14.6 Å². The van der Waals surface area contributed by atoms with E-state index in [9.17, 15) is 9.90 Å². The summed E-state index contributed by atoms with van der Waals surface area (Å²) in [7, 11) is 0. The third-order valence-corrected chi connectivity index (χ3v) is 8.35. The fraction of sp³-hybridized carbons (Fsp3) is 0.591. The summed E-state index contributed by atoms with van der Waals surface area (Å²) in [4.78, 5) is 15.7. The average Bonchev–Trinajstić information content (AvgIpc) is 3.21. The minimum absolute atomic E-state index is 0.150. The Morgan fingerprint density at radius 3 is 3.04 bits per heavy atom. The second-order valence-corrected chi connectivity index (χ2v) is 8.95. The molecule has 0 radical (unpaired) electrons. The van der Waals surface area contributed by atoms with Gasteiger partial charge in [-0.25, -0.2) is 0 Å².